The van der Waals surface area contributed by atoms with Crippen LogP contribution in [0.1, 0.15) is 10.6 Å². The maximum Gasteiger partial charge on any atom is 0.334 e. The number of ether oxygens (including phenoxy) is 1. The summed E-state index contributed by atoms with van der Waals surface area (Å²) < 4.78 is 11.5. The number of fused-ring (bicyclic) bond motifs is 1. The highest BCUT2D eigenvalue weighted by atomic mass is 79.9. The molecule has 1 unspecified atom stereocenters. The van der Waals surface area contributed by atoms with Crippen molar-refractivity contribution >= 4 is 38.8 Å². The second-order valence-corrected chi connectivity index (χ2v) is 5.66. The van der Waals surface area contributed by atoms with Gasteiger partial charge in [-0.15, -0.1) is 0 Å². The second-order valence-electron chi connectivity index (χ2n) is 4.74. The molecule has 0 saturated carbocycles. The molecule has 1 aromatic carbocycles. The molecular weight excluding hydrogens is 342 g/mol. The van der Waals surface area contributed by atoms with Crippen molar-refractivity contribution in [3.05, 3.63) is 34.5 Å². The van der Waals surface area contributed by atoms with E-state index in [0.717, 1.165) is 9.86 Å². The molecule has 1 aliphatic rings. The number of carbonyl (C=O) groups excluding carboxylic acids is 1. The molecule has 7 heteroatoms. The first kappa shape index (κ1) is 14.1. The first-order valence-corrected chi connectivity index (χ1v) is 7.16. The van der Waals surface area contributed by atoms with Crippen LogP contribution in [-0.4, -0.2) is 47.7 Å². The monoisotopic (exact) mass is 353 g/mol. The van der Waals surface area contributed by atoms with Gasteiger partial charge in [-0.2, -0.15) is 0 Å². The number of aliphatic carboxylic acids is 1. The van der Waals surface area contributed by atoms with Crippen molar-refractivity contribution in [2.24, 2.45) is 0 Å². The number of nitrogens with zero attached hydrogens (tertiary/aromatic N) is 1. The summed E-state index contributed by atoms with van der Waals surface area (Å²) in [7, 11) is 0. The van der Waals surface area contributed by atoms with Gasteiger partial charge in [0.25, 0.3) is 5.91 Å². The van der Waals surface area contributed by atoms with Crippen molar-refractivity contribution in [3.8, 4) is 0 Å². The Morgan fingerprint density at radius 3 is 2.90 bits per heavy atom. The number of furan rings is 1. The van der Waals surface area contributed by atoms with Gasteiger partial charge in [0.1, 0.15) is 5.58 Å². The van der Waals surface area contributed by atoms with Gasteiger partial charge in [0.15, 0.2) is 11.9 Å². The number of carboxylic acids is 1. The summed E-state index contributed by atoms with van der Waals surface area (Å²) in [6, 6.07) is 7.15. The van der Waals surface area contributed by atoms with E-state index in [9.17, 15) is 9.59 Å². The zero-order valence-corrected chi connectivity index (χ0v) is 12.5. The van der Waals surface area contributed by atoms with Crippen LogP contribution in [0.2, 0.25) is 0 Å². The Morgan fingerprint density at radius 1 is 1.33 bits per heavy atom. The minimum atomic E-state index is -1.07. The predicted molar refractivity (Wildman–Crippen MR) is 77.2 cm³/mol. The highest BCUT2D eigenvalue weighted by molar-refractivity contribution is 9.10. The molecule has 0 spiro atoms. The molecule has 21 heavy (non-hydrogen) atoms. The number of hydrogen-bond donors (Lipinski definition) is 1. The van der Waals surface area contributed by atoms with Gasteiger partial charge in [0.2, 0.25) is 0 Å². The topological polar surface area (TPSA) is 80.0 Å². The van der Waals surface area contributed by atoms with Crippen LogP contribution in [-0.2, 0) is 9.53 Å². The molecule has 1 N–H and O–H groups in total. The number of rotatable bonds is 2. The molecule has 1 aromatic heterocycles. The van der Waals surface area contributed by atoms with Gasteiger partial charge in [-0.3, -0.25) is 4.79 Å². The van der Waals surface area contributed by atoms with Crippen molar-refractivity contribution in [1.29, 1.82) is 0 Å². The summed E-state index contributed by atoms with van der Waals surface area (Å²) in [5.41, 5.74) is 0.607. The van der Waals surface area contributed by atoms with Crippen LogP contribution in [0.25, 0.3) is 11.0 Å². The maximum absolute atomic E-state index is 12.4. The number of hydrogen-bond acceptors (Lipinski definition) is 4. The SMILES string of the molecule is O=C(O)C1CN(C(=O)c2cc3ccc(Br)cc3o2)CCO1. The van der Waals surface area contributed by atoms with Gasteiger partial charge < -0.3 is 19.2 Å². The lowest BCUT2D eigenvalue weighted by Gasteiger charge is -2.30. The van der Waals surface area contributed by atoms with E-state index < -0.39 is 12.1 Å². The smallest absolute Gasteiger partial charge is 0.334 e. The molecule has 3 rings (SSSR count). The first-order chi connectivity index (χ1) is 10.0. The van der Waals surface area contributed by atoms with Crippen LogP contribution in [0.15, 0.2) is 33.2 Å². The summed E-state index contributed by atoms with van der Waals surface area (Å²) in [5, 5.41) is 9.79. The van der Waals surface area contributed by atoms with Crippen molar-refractivity contribution in [2.45, 2.75) is 6.10 Å². The molecule has 6 nitrogen and oxygen atoms in total. The molecular formula is C14H12BrNO5. The van der Waals surface area contributed by atoms with Gasteiger partial charge in [-0.05, 0) is 24.3 Å². The molecule has 2 aromatic rings. The molecule has 0 radical (unpaired) electrons. The van der Waals surface area contributed by atoms with E-state index in [1.165, 1.54) is 4.90 Å². The van der Waals surface area contributed by atoms with E-state index >= 15 is 0 Å². The third kappa shape index (κ3) is 2.79. The van der Waals surface area contributed by atoms with Crippen LogP contribution in [0, 0.1) is 0 Å². The summed E-state index contributed by atoms with van der Waals surface area (Å²) in [4.78, 5) is 24.8. The van der Waals surface area contributed by atoms with E-state index in [1.807, 2.05) is 12.1 Å². The zero-order chi connectivity index (χ0) is 15.0. The lowest BCUT2D eigenvalue weighted by atomic mass is 10.2. The van der Waals surface area contributed by atoms with Crippen LogP contribution < -0.4 is 0 Å². The van der Waals surface area contributed by atoms with Gasteiger partial charge in [0.05, 0.1) is 13.2 Å². The van der Waals surface area contributed by atoms with Gasteiger partial charge in [0, 0.05) is 16.4 Å². The number of carbonyl (C=O) groups is 2. The van der Waals surface area contributed by atoms with E-state index in [-0.39, 0.29) is 24.8 Å². The molecule has 1 aliphatic heterocycles. The first-order valence-electron chi connectivity index (χ1n) is 6.37. The molecule has 0 bridgehead atoms. The maximum atomic E-state index is 12.4. The lowest BCUT2D eigenvalue weighted by Crippen LogP contribution is -2.48. The van der Waals surface area contributed by atoms with Crippen LogP contribution in [0.3, 0.4) is 0 Å². The molecule has 1 atom stereocenters. The summed E-state index contributed by atoms with van der Waals surface area (Å²) >= 11 is 3.34. The van der Waals surface area contributed by atoms with Crippen LogP contribution in [0.4, 0.5) is 0 Å². The number of benzene rings is 1. The predicted octanol–water partition coefficient (Wildman–Crippen LogP) is 2.12. The Kier molecular flexibility index (Phi) is 3.69. The largest absolute Gasteiger partial charge is 0.479 e. The van der Waals surface area contributed by atoms with Gasteiger partial charge >= 0.3 is 5.97 Å². The second kappa shape index (κ2) is 5.50. The quantitative estimate of drug-likeness (QED) is 0.894. The van der Waals surface area contributed by atoms with E-state index in [1.54, 1.807) is 12.1 Å². The van der Waals surface area contributed by atoms with Crippen molar-refractivity contribution in [2.75, 3.05) is 19.7 Å². The fourth-order valence-corrected chi connectivity index (χ4v) is 2.59. The highest BCUT2D eigenvalue weighted by Crippen LogP contribution is 2.24. The van der Waals surface area contributed by atoms with E-state index in [0.29, 0.717) is 12.1 Å². The van der Waals surface area contributed by atoms with Gasteiger partial charge in [-0.1, -0.05) is 15.9 Å². The Hall–Kier alpha value is -1.86. The zero-order valence-electron chi connectivity index (χ0n) is 10.9. The Balaban J connectivity index is 1.84. The average Bonchev–Trinajstić information content (AvgIpc) is 2.89. The Bertz CT molecular complexity index is 710. The molecule has 110 valence electrons. The summed E-state index contributed by atoms with van der Waals surface area (Å²) in [6.45, 7) is 0.576. The molecule has 0 aliphatic carbocycles. The fraction of sp³-hybridized carbons (Fsp3) is 0.286. The highest BCUT2D eigenvalue weighted by Gasteiger charge is 2.30. The Morgan fingerprint density at radius 2 is 2.14 bits per heavy atom. The number of amides is 1. The van der Waals surface area contributed by atoms with Gasteiger partial charge in [-0.25, -0.2) is 4.79 Å². The number of morpholine rings is 1. The summed E-state index contributed by atoms with van der Waals surface area (Å²) in [6.07, 6.45) is -0.985. The van der Waals surface area contributed by atoms with Crippen LogP contribution >= 0.6 is 15.9 Å². The minimum absolute atomic E-state index is 0.0227. The van der Waals surface area contributed by atoms with E-state index in [4.69, 9.17) is 14.3 Å². The normalized spacial score (nSPS) is 18.9. The number of halogens is 1. The Labute approximate surface area is 128 Å². The van der Waals surface area contributed by atoms with Crippen molar-refractivity contribution < 1.29 is 23.8 Å². The molecule has 2 heterocycles. The van der Waals surface area contributed by atoms with Crippen molar-refractivity contribution in [3.63, 3.8) is 0 Å². The average molecular weight is 354 g/mol. The standard InChI is InChI=1S/C14H12BrNO5/c15-9-2-1-8-5-11(21-10(8)6-9)13(17)16-3-4-20-12(7-16)14(18)19/h1-2,5-6,12H,3-4,7H2,(H,18,19). The molecule has 1 saturated heterocycles. The lowest BCUT2D eigenvalue weighted by molar-refractivity contribution is -0.154. The molecule has 1 fully saturated rings. The van der Waals surface area contributed by atoms with Crippen LogP contribution in [0.5, 0.6) is 0 Å². The van der Waals surface area contributed by atoms with E-state index in [2.05, 4.69) is 15.9 Å². The fourth-order valence-electron chi connectivity index (χ4n) is 2.25. The third-order valence-electron chi connectivity index (χ3n) is 3.32. The van der Waals surface area contributed by atoms with Crippen molar-refractivity contribution in [1.82, 2.24) is 4.90 Å². The summed E-state index contributed by atoms with van der Waals surface area (Å²) in [5.74, 6) is -1.19. The molecule has 1 amide bonds. The number of carboxylic acid groups (broad SMARTS) is 1. The third-order valence-corrected chi connectivity index (χ3v) is 3.82. The minimum Gasteiger partial charge on any atom is -0.479 e.